The summed E-state index contributed by atoms with van der Waals surface area (Å²) in [5.74, 6) is -0.317. The summed E-state index contributed by atoms with van der Waals surface area (Å²) in [5.41, 5.74) is 0.712. The molecule has 1 aromatic heterocycles. The summed E-state index contributed by atoms with van der Waals surface area (Å²) in [6.07, 6.45) is 1.72. The molecule has 0 bridgehead atoms. The lowest BCUT2D eigenvalue weighted by Crippen LogP contribution is -2.34. The number of aliphatic hydroxyl groups is 1. The van der Waals surface area contributed by atoms with Crippen molar-refractivity contribution in [2.75, 3.05) is 13.7 Å². The number of nitrogens with zero attached hydrogens (tertiary/aromatic N) is 3. The van der Waals surface area contributed by atoms with Crippen LogP contribution in [0, 0.1) is 0 Å². The Balaban J connectivity index is 2.39. The maximum absolute atomic E-state index is 11.1. The first kappa shape index (κ1) is 12.6. The van der Waals surface area contributed by atoms with Crippen molar-refractivity contribution in [2.45, 2.75) is 26.1 Å². The summed E-state index contributed by atoms with van der Waals surface area (Å²) in [4.78, 5) is 11.1. The predicted octanol–water partition coefficient (Wildman–Crippen LogP) is -1.08. The number of hydrogen-bond donors (Lipinski definition) is 2. The number of carbonyl (C=O) groups is 1. The zero-order valence-corrected chi connectivity index (χ0v) is 9.38. The molecule has 7 nitrogen and oxygen atoms in total. The monoisotopic (exact) mass is 228 g/mol. The number of ether oxygens (including phenoxy) is 1. The molecule has 0 saturated carbocycles. The summed E-state index contributed by atoms with van der Waals surface area (Å²) in [7, 11) is 1.35. The smallest absolute Gasteiger partial charge is 0.322 e. The number of methoxy groups -OCH3 is 1. The lowest BCUT2D eigenvalue weighted by atomic mass is 10.3. The van der Waals surface area contributed by atoms with Crippen molar-refractivity contribution in [3.8, 4) is 0 Å². The average Bonchev–Trinajstić information content (AvgIpc) is 2.73. The summed E-state index contributed by atoms with van der Waals surface area (Å²) in [5, 5.41) is 19.3. The Hall–Kier alpha value is -1.47. The van der Waals surface area contributed by atoms with Crippen molar-refractivity contribution in [3.05, 3.63) is 11.9 Å². The van der Waals surface area contributed by atoms with Gasteiger partial charge in [0.15, 0.2) is 0 Å². The Morgan fingerprint density at radius 3 is 3.12 bits per heavy atom. The molecule has 1 aromatic rings. The first-order valence-corrected chi connectivity index (χ1v) is 4.98. The van der Waals surface area contributed by atoms with E-state index >= 15 is 0 Å². The molecule has 0 radical (unpaired) electrons. The largest absolute Gasteiger partial charge is 0.468 e. The predicted molar refractivity (Wildman–Crippen MR) is 55.4 cm³/mol. The Bertz CT molecular complexity index is 339. The van der Waals surface area contributed by atoms with Gasteiger partial charge in [0, 0.05) is 12.7 Å². The third-order valence-corrected chi connectivity index (χ3v) is 2.06. The second-order valence-electron chi connectivity index (χ2n) is 3.32. The first-order chi connectivity index (χ1) is 7.67. The van der Waals surface area contributed by atoms with Gasteiger partial charge >= 0.3 is 5.97 Å². The summed E-state index contributed by atoms with van der Waals surface area (Å²) in [6.45, 7) is 2.58. The molecule has 0 aliphatic heterocycles. The van der Waals surface area contributed by atoms with Crippen LogP contribution in [0.5, 0.6) is 0 Å². The van der Waals surface area contributed by atoms with Gasteiger partial charge in [-0.3, -0.25) is 10.1 Å². The lowest BCUT2D eigenvalue weighted by molar-refractivity contribution is -0.142. The molecule has 0 amide bonds. The molecule has 1 atom stereocenters. The van der Waals surface area contributed by atoms with Crippen LogP contribution in [-0.4, -0.2) is 45.8 Å². The Morgan fingerprint density at radius 2 is 2.50 bits per heavy atom. The Labute approximate surface area is 93.4 Å². The SMILES string of the molecule is COC(=O)C(C)NCc1cn(CCO)nn1. The minimum atomic E-state index is -0.381. The van der Waals surface area contributed by atoms with Gasteiger partial charge < -0.3 is 9.84 Å². The van der Waals surface area contributed by atoms with Gasteiger partial charge in [0.2, 0.25) is 0 Å². The Kier molecular flexibility index (Phi) is 4.87. The van der Waals surface area contributed by atoms with Gasteiger partial charge in [-0.1, -0.05) is 5.21 Å². The molecule has 7 heteroatoms. The van der Waals surface area contributed by atoms with E-state index < -0.39 is 0 Å². The maximum atomic E-state index is 11.1. The highest BCUT2D eigenvalue weighted by Crippen LogP contribution is 1.94. The van der Waals surface area contributed by atoms with Gasteiger partial charge in [-0.2, -0.15) is 0 Å². The quantitative estimate of drug-likeness (QED) is 0.602. The number of carbonyl (C=O) groups excluding carboxylic acids is 1. The number of nitrogens with one attached hydrogen (secondary N) is 1. The molecule has 1 unspecified atom stereocenters. The van der Waals surface area contributed by atoms with Crippen LogP contribution in [-0.2, 0) is 22.6 Å². The van der Waals surface area contributed by atoms with Crippen LogP contribution >= 0.6 is 0 Å². The zero-order chi connectivity index (χ0) is 12.0. The highest BCUT2D eigenvalue weighted by molar-refractivity contribution is 5.74. The van der Waals surface area contributed by atoms with Gasteiger partial charge in [0.25, 0.3) is 0 Å². The van der Waals surface area contributed by atoms with E-state index in [9.17, 15) is 4.79 Å². The fourth-order valence-electron chi connectivity index (χ4n) is 1.15. The van der Waals surface area contributed by atoms with Crippen molar-refractivity contribution in [1.82, 2.24) is 20.3 Å². The number of rotatable bonds is 6. The number of aliphatic hydroxyl groups excluding tert-OH is 1. The van der Waals surface area contributed by atoms with E-state index in [1.807, 2.05) is 0 Å². The molecule has 1 heterocycles. The first-order valence-electron chi connectivity index (χ1n) is 4.98. The van der Waals surface area contributed by atoms with Gasteiger partial charge in [-0.15, -0.1) is 5.10 Å². The molecule has 0 aliphatic carbocycles. The van der Waals surface area contributed by atoms with E-state index in [4.69, 9.17) is 5.11 Å². The maximum Gasteiger partial charge on any atom is 0.322 e. The lowest BCUT2D eigenvalue weighted by Gasteiger charge is -2.09. The van der Waals surface area contributed by atoms with Crippen LogP contribution in [0.1, 0.15) is 12.6 Å². The fraction of sp³-hybridized carbons (Fsp3) is 0.667. The van der Waals surface area contributed by atoms with E-state index in [0.717, 1.165) is 0 Å². The fourth-order valence-corrected chi connectivity index (χ4v) is 1.15. The van der Waals surface area contributed by atoms with E-state index in [2.05, 4.69) is 20.4 Å². The zero-order valence-electron chi connectivity index (χ0n) is 9.38. The molecular weight excluding hydrogens is 212 g/mol. The highest BCUT2D eigenvalue weighted by Gasteiger charge is 2.12. The van der Waals surface area contributed by atoms with Gasteiger partial charge in [-0.25, -0.2) is 4.68 Å². The second kappa shape index (κ2) is 6.19. The highest BCUT2D eigenvalue weighted by atomic mass is 16.5. The van der Waals surface area contributed by atoms with Gasteiger partial charge in [-0.05, 0) is 6.92 Å². The summed E-state index contributed by atoms with van der Waals surface area (Å²) >= 11 is 0. The van der Waals surface area contributed by atoms with Crippen LogP contribution < -0.4 is 5.32 Å². The molecule has 0 spiro atoms. The molecule has 90 valence electrons. The molecule has 0 fully saturated rings. The van der Waals surface area contributed by atoms with E-state index in [1.54, 1.807) is 17.8 Å². The van der Waals surface area contributed by atoms with Crippen LogP contribution in [0.4, 0.5) is 0 Å². The molecule has 0 saturated heterocycles. The number of hydrogen-bond acceptors (Lipinski definition) is 6. The van der Waals surface area contributed by atoms with E-state index in [0.29, 0.717) is 18.8 Å². The molecule has 0 aromatic carbocycles. The standard InChI is InChI=1S/C9H16N4O3/c1-7(9(15)16-2)10-5-8-6-13(3-4-14)12-11-8/h6-7,10,14H,3-5H2,1-2H3. The summed E-state index contributed by atoms with van der Waals surface area (Å²) < 4.78 is 6.11. The second-order valence-corrected chi connectivity index (χ2v) is 3.32. The van der Waals surface area contributed by atoms with Crippen molar-refractivity contribution in [1.29, 1.82) is 0 Å². The van der Waals surface area contributed by atoms with Crippen molar-refractivity contribution < 1.29 is 14.6 Å². The molecule has 2 N–H and O–H groups in total. The molecule has 16 heavy (non-hydrogen) atoms. The summed E-state index contributed by atoms with van der Waals surface area (Å²) in [6, 6.07) is -0.381. The number of aromatic nitrogens is 3. The molecular formula is C9H16N4O3. The van der Waals surface area contributed by atoms with Crippen LogP contribution in [0.3, 0.4) is 0 Å². The number of esters is 1. The van der Waals surface area contributed by atoms with Crippen LogP contribution in [0.25, 0.3) is 0 Å². The van der Waals surface area contributed by atoms with E-state index in [-0.39, 0.29) is 18.6 Å². The van der Waals surface area contributed by atoms with E-state index in [1.165, 1.54) is 7.11 Å². The average molecular weight is 228 g/mol. The van der Waals surface area contributed by atoms with Crippen molar-refractivity contribution in [3.63, 3.8) is 0 Å². The normalized spacial score (nSPS) is 12.4. The van der Waals surface area contributed by atoms with Crippen LogP contribution in [0.15, 0.2) is 6.20 Å². The van der Waals surface area contributed by atoms with Crippen molar-refractivity contribution >= 4 is 5.97 Å². The topological polar surface area (TPSA) is 89.3 Å². The molecule has 1 rings (SSSR count). The Morgan fingerprint density at radius 1 is 1.75 bits per heavy atom. The van der Waals surface area contributed by atoms with Crippen LogP contribution in [0.2, 0.25) is 0 Å². The van der Waals surface area contributed by atoms with Gasteiger partial charge in [0.05, 0.1) is 26.0 Å². The third-order valence-electron chi connectivity index (χ3n) is 2.06. The minimum Gasteiger partial charge on any atom is -0.468 e. The van der Waals surface area contributed by atoms with Crippen molar-refractivity contribution in [2.24, 2.45) is 0 Å². The van der Waals surface area contributed by atoms with Gasteiger partial charge in [0.1, 0.15) is 6.04 Å². The third kappa shape index (κ3) is 3.59. The minimum absolute atomic E-state index is 0.0226. The molecule has 0 aliphatic rings.